The molecule has 1 atom stereocenters. The minimum atomic E-state index is -0.128. The van der Waals surface area contributed by atoms with E-state index in [2.05, 4.69) is 30.9 Å². The fourth-order valence-corrected chi connectivity index (χ4v) is 2.31. The lowest BCUT2D eigenvalue weighted by Crippen LogP contribution is -2.36. The van der Waals surface area contributed by atoms with Crippen LogP contribution in [0, 0.1) is 5.92 Å². The fraction of sp³-hybridized carbons (Fsp3) is 0.571. The summed E-state index contributed by atoms with van der Waals surface area (Å²) in [6.07, 6.45) is 0. The van der Waals surface area contributed by atoms with E-state index in [4.69, 9.17) is 0 Å². The van der Waals surface area contributed by atoms with Crippen LogP contribution in [0.25, 0.3) is 0 Å². The third-order valence-corrected chi connectivity index (χ3v) is 3.26. The molecule has 17 heavy (non-hydrogen) atoms. The van der Waals surface area contributed by atoms with Crippen molar-refractivity contribution >= 4 is 0 Å². The smallest absolute Gasteiger partial charge is 0.0499 e. The maximum atomic E-state index is 9.41. The zero-order valence-electron chi connectivity index (χ0n) is 10.7. The number of aliphatic hydroxyl groups excluding tert-OH is 2. The molecule has 0 saturated carbocycles. The summed E-state index contributed by atoms with van der Waals surface area (Å²) in [6, 6.07) is 10.2. The third kappa shape index (κ3) is 3.53. The molecule has 0 radical (unpaired) electrons. The van der Waals surface area contributed by atoms with Crippen LogP contribution in [-0.4, -0.2) is 41.4 Å². The topological polar surface area (TPSA) is 43.7 Å². The van der Waals surface area contributed by atoms with Gasteiger partial charge in [-0.2, -0.15) is 0 Å². The summed E-state index contributed by atoms with van der Waals surface area (Å²) in [5, 5.41) is 18.8. The van der Waals surface area contributed by atoms with Gasteiger partial charge in [0.2, 0.25) is 0 Å². The van der Waals surface area contributed by atoms with Gasteiger partial charge < -0.3 is 10.2 Å². The molecule has 0 amide bonds. The van der Waals surface area contributed by atoms with Crippen molar-refractivity contribution in [2.24, 2.45) is 5.92 Å². The highest BCUT2D eigenvalue weighted by Crippen LogP contribution is 2.28. The molecule has 0 aliphatic carbocycles. The van der Waals surface area contributed by atoms with Crippen molar-refractivity contribution in [1.82, 2.24) is 4.90 Å². The van der Waals surface area contributed by atoms with Crippen molar-refractivity contribution < 1.29 is 10.2 Å². The summed E-state index contributed by atoms with van der Waals surface area (Å²) in [7, 11) is 0. The third-order valence-electron chi connectivity index (χ3n) is 3.26. The maximum Gasteiger partial charge on any atom is 0.0499 e. The van der Waals surface area contributed by atoms with Crippen molar-refractivity contribution in [3.05, 3.63) is 35.9 Å². The summed E-state index contributed by atoms with van der Waals surface area (Å²) in [5.74, 6) is -0.128. The molecule has 0 heterocycles. The van der Waals surface area contributed by atoms with Gasteiger partial charge in [-0.1, -0.05) is 44.2 Å². The quantitative estimate of drug-likeness (QED) is 0.758. The zero-order chi connectivity index (χ0) is 12.7. The number of benzene rings is 1. The summed E-state index contributed by atoms with van der Waals surface area (Å²) in [6.45, 7) is 6.04. The maximum absolute atomic E-state index is 9.41. The van der Waals surface area contributed by atoms with Crippen LogP contribution < -0.4 is 0 Å². The Labute approximate surface area is 104 Å². The SMILES string of the molecule is CCN(CC)[C@@H](c1ccccc1)C(CO)CO. The molecule has 0 fully saturated rings. The molecular weight excluding hydrogens is 214 g/mol. The van der Waals surface area contributed by atoms with Gasteiger partial charge in [0, 0.05) is 25.2 Å². The van der Waals surface area contributed by atoms with Crippen LogP contribution in [0.1, 0.15) is 25.5 Å². The Hall–Kier alpha value is -0.900. The molecular formula is C14H23NO2. The van der Waals surface area contributed by atoms with E-state index in [1.165, 1.54) is 0 Å². The molecule has 3 heteroatoms. The molecule has 96 valence electrons. The molecule has 0 aliphatic heterocycles. The summed E-state index contributed by atoms with van der Waals surface area (Å²) < 4.78 is 0. The first-order chi connectivity index (χ1) is 8.28. The van der Waals surface area contributed by atoms with Gasteiger partial charge in [-0.05, 0) is 18.7 Å². The Balaban J connectivity index is 3.01. The Kier molecular flexibility index (Phi) is 6.19. The lowest BCUT2D eigenvalue weighted by molar-refractivity contribution is 0.0618. The minimum absolute atomic E-state index is 0.00651. The number of nitrogens with zero attached hydrogens (tertiary/aromatic N) is 1. The Bertz CT molecular complexity index is 282. The molecule has 0 bridgehead atoms. The Morgan fingerprint density at radius 3 is 1.94 bits per heavy atom. The van der Waals surface area contributed by atoms with E-state index in [0.717, 1.165) is 18.7 Å². The van der Waals surface area contributed by atoms with Crippen LogP contribution in [0.5, 0.6) is 0 Å². The van der Waals surface area contributed by atoms with Gasteiger partial charge in [-0.25, -0.2) is 0 Å². The van der Waals surface area contributed by atoms with E-state index in [9.17, 15) is 10.2 Å². The van der Waals surface area contributed by atoms with Gasteiger partial charge in [0.05, 0.1) is 0 Å². The summed E-state index contributed by atoms with van der Waals surface area (Å²) in [4.78, 5) is 2.27. The second kappa shape index (κ2) is 7.43. The number of rotatable bonds is 7. The van der Waals surface area contributed by atoms with Crippen LogP contribution in [0.2, 0.25) is 0 Å². The number of hydrogen-bond donors (Lipinski definition) is 2. The zero-order valence-corrected chi connectivity index (χ0v) is 10.7. The monoisotopic (exact) mass is 237 g/mol. The lowest BCUT2D eigenvalue weighted by atomic mass is 9.92. The standard InChI is InChI=1S/C14H23NO2/c1-3-15(4-2)14(13(10-16)11-17)12-8-6-5-7-9-12/h5-9,13-14,16-17H,3-4,10-11H2,1-2H3/t14-/m0/s1. The lowest BCUT2D eigenvalue weighted by Gasteiger charge is -2.34. The second-order valence-electron chi connectivity index (χ2n) is 4.20. The molecule has 0 spiro atoms. The van der Waals surface area contributed by atoms with Crippen molar-refractivity contribution in [2.45, 2.75) is 19.9 Å². The molecule has 0 aromatic heterocycles. The van der Waals surface area contributed by atoms with Crippen molar-refractivity contribution in [2.75, 3.05) is 26.3 Å². The van der Waals surface area contributed by atoms with E-state index in [1.807, 2.05) is 18.2 Å². The van der Waals surface area contributed by atoms with Gasteiger partial charge in [0.1, 0.15) is 0 Å². The summed E-state index contributed by atoms with van der Waals surface area (Å²) >= 11 is 0. The molecule has 0 aliphatic rings. The van der Waals surface area contributed by atoms with Gasteiger partial charge >= 0.3 is 0 Å². The van der Waals surface area contributed by atoms with E-state index >= 15 is 0 Å². The molecule has 3 nitrogen and oxygen atoms in total. The van der Waals surface area contributed by atoms with Gasteiger partial charge in [0.25, 0.3) is 0 Å². The predicted molar refractivity (Wildman–Crippen MR) is 69.8 cm³/mol. The average Bonchev–Trinajstić information content (AvgIpc) is 2.40. The van der Waals surface area contributed by atoms with Crippen molar-refractivity contribution in [3.63, 3.8) is 0 Å². The summed E-state index contributed by atoms with van der Waals surface area (Å²) in [5.41, 5.74) is 1.16. The highest BCUT2D eigenvalue weighted by atomic mass is 16.3. The molecule has 1 rings (SSSR count). The Morgan fingerprint density at radius 2 is 1.53 bits per heavy atom. The van der Waals surface area contributed by atoms with Gasteiger partial charge in [-0.3, -0.25) is 4.90 Å². The van der Waals surface area contributed by atoms with Crippen LogP contribution in [0.15, 0.2) is 30.3 Å². The second-order valence-corrected chi connectivity index (χ2v) is 4.20. The van der Waals surface area contributed by atoms with E-state index in [-0.39, 0.29) is 25.2 Å². The molecule has 0 unspecified atom stereocenters. The number of aliphatic hydroxyl groups is 2. The van der Waals surface area contributed by atoms with Gasteiger partial charge in [-0.15, -0.1) is 0 Å². The fourth-order valence-electron chi connectivity index (χ4n) is 2.31. The van der Waals surface area contributed by atoms with Gasteiger partial charge in [0.15, 0.2) is 0 Å². The van der Waals surface area contributed by atoms with Crippen LogP contribution in [0.4, 0.5) is 0 Å². The van der Waals surface area contributed by atoms with Crippen molar-refractivity contribution in [3.8, 4) is 0 Å². The first-order valence-corrected chi connectivity index (χ1v) is 6.29. The van der Waals surface area contributed by atoms with Crippen LogP contribution >= 0.6 is 0 Å². The molecule has 2 N–H and O–H groups in total. The Morgan fingerprint density at radius 1 is 1.00 bits per heavy atom. The highest BCUT2D eigenvalue weighted by Gasteiger charge is 2.26. The van der Waals surface area contributed by atoms with E-state index in [1.54, 1.807) is 0 Å². The molecule has 0 saturated heterocycles. The molecule has 1 aromatic rings. The normalized spacial score (nSPS) is 13.3. The largest absolute Gasteiger partial charge is 0.396 e. The highest BCUT2D eigenvalue weighted by molar-refractivity contribution is 5.20. The number of hydrogen-bond acceptors (Lipinski definition) is 3. The van der Waals surface area contributed by atoms with Crippen molar-refractivity contribution in [1.29, 1.82) is 0 Å². The molecule has 1 aromatic carbocycles. The van der Waals surface area contributed by atoms with E-state index in [0.29, 0.717) is 0 Å². The van der Waals surface area contributed by atoms with Crippen LogP contribution in [0.3, 0.4) is 0 Å². The minimum Gasteiger partial charge on any atom is -0.396 e. The van der Waals surface area contributed by atoms with E-state index < -0.39 is 0 Å². The first-order valence-electron chi connectivity index (χ1n) is 6.29. The average molecular weight is 237 g/mol. The predicted octanol–water partition coefficient (Wildman–Crippen LogP) is 1.67. The van der Waals surface area contributed by atoms with Crippen LogP contribution in [-0.2, 0) is 0 Å². The first kappa shape index (κ1) is 14.2.